The molecule has 7 heteroatoms. The molecule has 4 rings (SSSR count). The minimum Gasteiger partial charge on any atom is -0.366 e. The lowest BCUT2D eigenvalue weighted by molar-refractivity contribution is -0.114. The van der Waals surface area contributed by atoms with E-state index in [0.717, 1.165) is 38.0 Å². The summed E-state index contributed by atoms with van der Waals surface area (Å²) < 4.78 is 0. The summed E-state index contributed by atoms with van der Waals surface area (Å²) in [5.74, 6) is -0.641. The molecule has 2 amide bonds. The Morgan fingerprint density at radius 2 is 1.82 bits per heavy atom. The summed E-state index contributed by atoms with van der Waals surface area (Å²) in [5, 5.41) is 5.69. The van der Waals surface area contributed by atoms with Crippen LogP contribution in [0.1, 0.15) is 34.3 Å². The molecule has 146 valence electrons. The molecule has 2 aromatic rings. The second kappa shape index (κ2) is 8.02. The van der Waals surface area contributed by atoms with Crippen LogP contribution < -0.4 is 15.5 Å². The van der Waals surface area contributed by atoms with E-state index in [9.17, 15) is 9.59 Å². The van der Waals surface area contributed by atoms with Crippen LogP contribution in [0.2, 0.25) is 0 Å². The predicted octanol–water partition coefficient (Wildman–Crippen LogP) is 3.88. The van der Waals surface area contributed by atoms with E-state index in [1.165, 1.54) is 11.1 Å². The molecule has 1 saturated carbocycles. The predicted molar refractivity (Wildman–Crippen MR) is 112 cm³/mol. The van der Waals surface area contributed by atoms with Crippen LogP contribution in [0.5, 0.6) is 0 Å². The lowest BCUT2D eigenvalue weighted by Gasteiger charge is -2.32. The fraction of sp³-hybridized carbons (Fsp3) is 0.333. The van der Waals surface area contributed by atoms with Gasteiger partial charge in [-0.3, -0.25) is 9.59 Å². The number of anilines is 2. The Hall–Kier alpha value is -2.24. The van der Waals surface area contributed by atoms with Crippen molar-refractivity contribution in [2.45, 2.75) is 36.7 Å². The van der Waals surface area contributed by atoms with Gasteiger partial charge in [0.05, 0.1) is 5.56 Å². The van der Waals surface area contributed by atoms with Crippen LogP contribution in [0.3, 0.4) is 0 Å². The van der Waals surface area contributed by atoms with Gasteiger partial charge in [0, 0.05) is 30.5 Å². The van der Waals surface area contributed by atoms with Gasteiger partial charge >= 0.3 is 0 Å². The van der Waals surface area contributed by atoms with Crippen molar-refractivity contribution in [3.8, 4) is 0 Å². The molecular formula is C21H21Cl2N3O2. The molecule has 1 heterocycles. The van der Waals surface area contributed by atoms with Crippen molar-refractivity contribution in [2.24, 2.45) is 0 Å². The summed E-state index contributed by atoms with van der Waals surface area (Å²) in [7, 11) is 0. The maximum atomic E-state index is 12.9. The summed E-state index contributed by atoms with van der Waals surface area (Å²) in [6, 6.07) is 14.0. The van der Waals surface area contributed by atoms with Crippen LogP contribution in [0.25, 0.3) is 0 Å². The molecule has 0 aromatic heterocycles. The number of halogens is 2. The average Bonchev–Trinajstić information content (AvgIpc) is 3.51. The number of alkyl halides is 2. The SMILES string of the molecule is O=C(NC1CC1)c1cc(NC(=O)C(Cl)Cl)ccc1N1CCc2ccccc2C1. The molecule has 1 fully saturated rings. The number of nitrogens with one attached hydrogen (secondary N) is 2. The Balaban J connectivity index is 1.63. The molecule has 1 aliphatic carbocycles. The summed E-state index contributed by atoms with van der Waals surface area (Å²) in [5.41, 5.74) is 4.52. The van der Waals surface area contributed by atoms with Crippen LogP contribution in [-0.2, 0) is 17.8 Å². The molecule has 0 radical (unpaired) electrons. The third kappa shape index (κ3) is 4.26. The quantitative estimate of drug-likeness (QED) is 0.725. The molecule has 0 saturated heterocycles. The Bertz CT molecular complexity index is 912. The summed E-state index contributed by atoms with van der Waals surface area (Å²) >= 11 is 11.2. The Kier molecular flexibility index (Phi) is 5.47. The van der Waals surface area contributed by atoms with Gasteiger partial charge < -0.3 is 15.5 Å². The first-order valence-electron chi connectivity index (χ1n) is 9.37. The number of amides is 2. The molecular weight excluding hydrogens is 397 g/mol. The molecule has 0 atom stereocenters. The number of rotatable bonds is 5. The lowest BCUT2D eigenvalue weighted by atomic mass is 9.98. The zero-order chi connectivity index (χ0) is 19.7. The van der Waals surface area contributed by atoms with E-state index in [1.807, 2.05) is 12.1 Å². The maximum absolute atomic E-state index is 12.9. The van der Waals surface area contributed by atoms with Crippen LogP contribution in [0.15, 0.2) is 42.5 Å². The number of nitrogens with zero attached hydrogens (tertiary/aromatic N) is 1. The van der Waals surface area contributed by atoms with Gasteiger partial charge in [0.25, 0.3) is 11.8 Å². The first-order valence-corrected chi connectivity index (χ1v) is 10.2. The van der Waals surface area contributed by atoms with Crippen molar-refractivity contribution in [2.75, 3.05) is 16.8 Å². The third-order valence-electron chi connectivity index (χ3n) is 5.09. The lowest BCUT2D eigenvalue weighted by Crippen LogP contribution is -2.33. The highest BCUT2D eigenvalue weighted by Gasteiger charge is 2.27. The number of hydrogen-bond donors (Lipinski definition) is 2. The Morgan fingerprint density at radius 1 is 1.07 bits per heavy atom. The molecule has 0 unspecified atom stereocenters. The number of carbonyl (C=O) groups excluding carboxylic acids is 2. The first kappa shape index (κ1) is 19.1. The molecule has 0 spiro atoms. The van der Waals surface area contributed by atoms with Crippen molar-refractivity contribution in [1.82, 2.24) is 5.32 Å². The van der Waals surface area contributed by atoms with Crippen molar-refractivity contribution in [3.05, 3.63) is 59.2 Å². The van der Waals surface area contributed by atoms with Gasteiger partial charge in [-0.2, -0.15) is 0 Å². The van der Waals surface area contributed by atoms with E-state index >= 15 is 0 Å². The smallest absolute Gasteiger partial charge is 0.257 e. The van der Waals surface area contributed by atoms with E-state index in [1.54, 1.807) is 12.1 Å². The topological polar surface area (TPSA) is 61.4 Å². The van der Waals surface area contributed by atoms with Crippen molar-refractivity contribution < 1.29 is 9.59 Å². The van der Waals surface area contributed by atoms with Gasteiger partial charge in [-0.05, 0) is 48.6 Å². The van der Waals surface area contributed by atoms with Crippen molar-refractivity contribution >= 4 is 46.4 Å². The van der Waals surface area contributed by atoms with Gasteiger partial charge in [0.15, 0.2) is 4.84 Å². The molecule has 0 bridgehead atoms. The summed E-state index contributed by atoms with van der Waals surface area (Å²) in [6.07, 6.45) is 2.95. The van der Waals surface area contributed by atoms with Crippen molar-refractivity contribution in [3.63, 3.8) is 0 Å². The molecule has 28 heavy (non-hydrogen) atoms. The molecule has 2 N–H and O–H groups in total. The maximum Gasteiger partial charge on any atom is 0.257 e. The van der Waals surface area contributed by atoms with Gasteiger partial charge in [0.1, 0.15) is 0 Å². The fourth-order valence-electron chi connectivity index (χ4n) is 3.46. The first-order chi connectivity index (χ1) is 13.5. The van der Waals surface area contributed by atoms with Gasteiger partial charge in [-0.1, -0.05) is 47.5 Å². The highest BCUT2D eigenvalue weighted by atomic mass is 35.5. The van der Waals surface area contributed by atoms with Crippen LogP contribution in [0, 0.1) is 0 Å². The molecule has 5 nitrogen and oxygen atoms in total. The molecule has 2 aromatic carbocycles. The van der Waals surface area contributed by atoms with E-state index in [2.05, 4.69) is 33.7 Å². The zero-order valence-corrected chi connectivity index (χ0v) is 16.8. The van der Waals surface area contributed by atoms with Gasteiger partial charge in [0.2, 0.25) is 0 Å². The third-order valence-corrected chi connectivity index (χ3v) is 5.49. The van der Waals surface area contributed by atoms with Crippen molar-refractivity contribution in [1.29, 1.82) is 0 Å². The van der Waals surface area contributed by atoms with Crippen LogP contribution >= 0.6 is 23.2 Å². The number of fused-ring (bicyclic) bond motifs is 1. The number of carbonyl (C=O) groups is 2. The molecule has 2 aliphatic rings. The average molecular weight is 418 g/mol. The van der Waals surface area contributed by atoms with Gasteiger partial charge in [-0.25, -0.2) is 0 Å². The van der Waals surface area contributed by atoms with Crippen LogP contribution in [-0.4, -0.2) is 29.2 Å². The largest absolute Gasteiger partial charge is 0.366 e. The standard InChI is InChI=1S/C21H21Cl2N3O2/c22-19(23)21(28)25-16-7-8-18(17(11-16)20(27)24-15-5-6-15)26-10-9-13-3-1-2-4-14(13)12-26/h1-4,7-8,11,15,19H,5-6,9-10,12H2,(H,24,27)(H,25,28). The normalized spacial score (nSPS) is 15.9. The summed E-state index contributed by atoms with van der Waals surface area (Å²) in [6.45, 7) is 1.58. The Morgan fingerprint density at radius 3 is 2.54 bits per heavy atom. The Labute approximate surface area is 174 Å². The van der Waals surface area contributed by atoms with E-state index in [4.69, 9.17) is 23.2 Å². The fourth-order valence-corrected chi connectivity index (χ4v) is 3.57. The zero-order valence-electron chi connectivity index (χ0n) is 15.3. The highest BCUT2D eigenvalue weighted by Crippen LogP contribution is 2.30. The van der Waals surface area contributed by atoms with E-state index in [-0.39, 0.29) is 11.9 Å². The highest BCUT2D eigenvalue weighted by molar-refractivity contribution is 6.54. The number of hydrogen-bond acceptors (Lipinski definition) is 3. The monoisotopic (exact) mass is 417 g/mol. The minimum atomic E-state index is -1.16. The second-order valence-electron chi connectivity index (χ2n) is 7.21. The second-order valence-corrected chi connectivity index (χ2v) is 8.31. The number of benzene rings is 2. The van der Waals surface area contributed by atoms with E-state index < -0.39 is 10.7 Å². The van der Waals surface area contributed by atoms with Gasteiger partial charge in [-0.15, -0.1) is 0 Å². The molecule has 1 aliphatic heterocycles. The minimum absolute atomic E-state index is 0.124. The van der Waals surface area contributed by atoms with Crippen LogP contribution in [0.4, 0.5) is 11.4 Å². The van der Waals surface area contributed by atoms with E-state index in [0.29, 0.717) is 11.3 Å². The summed E-state index contributed by atoms with van der Waals surface area (Å²) in [4.78, 5) is 25.7.